The summed E-state index contributed by atoms with van der Waals surface area (Å²) in [4.78, 5) is 0. The van der Waals surface area contributed by atoms with E-state index in [0.717, 1.165) is 0 Å². The van der Waals surface area contributed by atoms with Crippen LogP contribution in [-0.2, 0) is 0 Å². The van der Waals surface area contributed by atoms with Crippen molar-refractivity contribution in [2.45, 2.75) is 25.4 Å². The summed E-state index contributed by atoms with van der Waals surface area (Å²) < 4.78 is 0. The van der Waals surface area contributed by atoms with Crippen LogP contribution < -0.4 is 20.7 Å². The summed E-state index contributed by atoms with van der Waals surface area (Å²) in [6, 6.07) is 53.3. The average Bonchev–Trinajstić information content (AvgIpc) is 2.94. The summed E-state index contributed by atoms with van der Waals surface area (Å²) in [5.41, 5.74) is 4.68. The number of hydrogen-bond donors (Lipinski definition) is 0. The van der Waals surface area contributed by atoms with E-state index in [-0.39, 0.29) is 0 Å². The van der Waals surface area contributed by atoms with Crippen LogP contribution in [0, 0.1) is 13.8 Å². The molecule has 5 rings (SSSR count). The van der Waals surface area contributed by atoms with Crippen molar-refractivity contribution in [1.82, 2.24) is 0 Å². The maximum atomic E-state index is 2.46. The third kappa shape index (κ3) is 5.51. The van der Waals surface area contributed by atoms with Crippen molar-refractivity contribution in [1.29, 1.82) is 0 Å². The molecule has 0 amide bonds. The van der Waals surface area contributed by atoms with Crippen molar-refractivity contribution in [2.24, 2.45) is 0 Å². The van der Waals surface area contributed by atoms with E-state index >= 15 is 0 Å². The minimum Gasteiger partial charge on any atom is -0.0628 e. The molecule has 0 saturated heterocycles. The van der Waals surface area contributed by atoms with Crippen LogP contribution in [0.4, 0.5) is 0 Å². The lowest BCUT2D eigenvalue weighted by Crippen LogP contribution is -2.51. The molecule has 0 nitrogen and oxygen atoms in total. The van der Waals surface area contributed by atoms with E-state index in [4.69, 9.17) is 0 Å². The van der Waals surface area contributed by atoms with Crippen LogP contribution in [0.5, 0.6) is 0 Å². The van der Waals surface area contributed by atoms with Crippen LogP contribution in [0.1, 0.15) is 22.2 Å². The van der Waals surface area contributed by atoms with Crippen molar-refractivity contribution in [3.8, 4) is 0 Å². The lowest BCUT2D eigenvalue weighted by molar-refractivity contribution is 1.03. The topological polar surface area (TPSA) is 0 Å². The van der Waals surface area contributed by atoms with E-state index in [1.54, 1.807) is 0 Å². The molecular formula is C34H32Si2. The molecular weight excluding hydrogens is 465 g/mol. The fourth-order valence-electron chi connectivity index (χ4n) is 5.06. The molecule has 1 unspecified atom stereocenters. The zero-order valence-corrected chi connectivity index (χ0v) is 23.1. The second kappa shape index (κ2) is 11.5. The fourth-order valence-corrected chi connectivity index (χ4v) is 11.9. The van der Waals surface area contributed by atoms with Gasteiger partial charge in [0, 0.05) is 0 Å². The van der Waals surface area contributed by atoms with Gasteiger partial charge in [-0.2, -0.15) is 0 Å². The van der Waals surface area contributed by atoms with Crippen molar-refractivity contribution in [2.75, 3.05) is 0 Å². The first kappa shape index (κ1) is 24.2. The van der Waals surface area contributed by atoms with Gasteiger partial charge in [0.15, 0.2) is 0 Å². The molecule has 0 aliphatic heterocycles. The predicted octanol–water partition coefficient (Wildman–Crippen LogP) is 5.54. The van der Waals surface area contributed by atoms with Crippen molar-refractivity contribution < 1.29 is 0 Å². The van der Waals surface area contributed by atoms with Gasteiger partial charge in [0.2, 0.25) is 0 Å². The van der Waals surface area contributed by atoms with Crippen molar-refractivity contribution in [3.63, 3.8) is 0 Å². The molecule has 0 heterocycles. The molecule has 5 aromatic carbocycles. The van der Waals surface area contributed by atoms with E-state index in [1.807, 2.05) is 0 Å². The highest BCUT2D eigenvalue weighted by molar-refractivity contribution is 6.90. The Morgan fingerprint density at radius 3 is 1.31 bits per heavy atom. The van der Waals surface area contributed by atoms with E-state index in [2.05, 4.69) is 153 Å². The molecule has 5 aromatic rings. The van der Waals surface area contributed by atoms with Gasteiger partial charge in [-0.15, -0.1) is 0 Å². The maximum Gasteiger partial charge on any atom is 0.128 e. The molecule has 0 spiro atoms. The SMILES string of the molecule is Cc1ccc(C(C[Si](c2ccccc2)c2ccccc2)[Si](c2ccccc2)c2ccccc2)cc1C. The Balaban J connectivity index is 1.69. The summed E-state index contributed by atoms with van der Waals surface area (Å²) in [6.45, 7) is 4.48. The van der Waals surface area contributed by atoms with E-state index in [0.29, 0.717) is 5.54 Å². The molecule has 0 N–H and O–H groups in total. The highest BCUT2D eigenvalue weighted by atomic mass is 28.3. The van der Waals surface area contributed by atoms with Gasteiger partial charge in [-0.1, -0.05) is 160 Å². The van der Waals surface area contributed by atoms with Gasteiger partial charge in [-0.3, -0.25) is 0 Å². The third-order valence-electron chi connectivity index (χ3n) is 7.10. The summed E-state index contributed by atoms with van der Waals surface area (Å²) >= 11 is 0. The van der Waals surface area contributed by atoms with Gasteiger partial charge < -0.3 is 0 Å². The summed E-state index contributed by atoms with van der Waals surface area (Å²) in [5.74, 6) is 0. The van der Waals surface area contributed by atoms with Gasteiger partial charge in [-0.05, 0) is 42.1 Å². The molecule has 0 saturated carbocycles. The molecule has 2 heteroatoms. The number of aryl methyl sites for hydroxylation is 2. The standard InChI is InChI=1S/C34H32Si2/c1-27-23-24-29(25-28(27)2)34(36(32-19-11-5-12-20-32)33-21-13-6-14-22-33)26-35(30-15-7-3-8-16-30)31-17-9-4-10-18-31/h3-25,34H,26H2,1-2H3. The van der Waals surface area contributed by atoms with Gasteiger partial charge in [0.25, 0.3) is 0 Å². The van der Waals surface area contributed by atoms with E-state index < -0.39 is 17.6 Å². The molecule has 0 aliphatic rings. The maximum absolute atomic E-state index is 2.46. The molecule has 2 radical (unpaired) electrons. The van der Waals surface area contributed by atoms with Gasteiger partial charge in [-0.25, -0.2) is 0 Å². The predicted molar refractivity (Wildman–Crippen MR) is 159 cm³/mol. The highest BCUT2D eigenvalue weighted by Crippen LogP contribution is 2.27. The molecule has 0 aliphatic carbocycles. The zero-order chi connectivity index (χ0) is 24.7. The van der Waals surface area contributed by atoms with E-state index in [9.17, 15) is 0 Å². The van der Waals surface area contributed by atoms with Crippen molar-refractivity contribution >= 4 is 38.3 Å². The quantitative estimate of drug-likeness (QED) is 0.247. The zero-order valence-electron chi connectivity index (χ0n) is 21.1. The Morgan fingerprint density at radius 2 is 0.889 bits per heavy atom. The molecule has 1 atom stereocenters. The fraction of sp³-hybridized carbons (Fsp3) is 0.118. The first-order chi connectivity index (χ1) is 17.7. The second-order valence-corrected chi connectivity index (χ2v) is 14.7. The van der Waals surface area contributed by atoms with Crippen LogP contribution in [-0.4, -0.2) is 17.6 Å². The molecule has 0 aromatic heterocycles. The molecule has 0 bridgehead atoms. The molecule has 36 heavy (non-hydrogen) atoms. The number of rotatable bonds is 8. The average molecular weight is 497 g/mol. The lowest BCUT2D eigenvalue weighted by atomic mass is 10.0. The van der Waals surface area contributed by atoms with Crippen LogP contribution in [0.3, 0.4) is 0 Å². The first-order valence-electron chi connectivity index (χ1n) is 12.7. The monoisotopic (exact) mass is 496 g/mol. The summed E-state index contributed by atoms with van der Waals surface area (Å²) in [5, 5.41) is 5.95. The van der Waals surface area contributed by atoms with Crippen LogP contribution in [0.2, 0.25) is 6.04 Å². The third-order valence-corrected chi connectivity index (χ3v) is 13.5. The van der Waals surface area contributed by atoms with Crippen molar-refractivity contribution in [3.05, 3.63) is 156 Å². The Hall–Kier alpha value is -3.47. The van der Waals surface area contributed by atoms with Gasteiger partial charge >= 0.3 is 0 Å². The number of benzene rings is 5. The minimum atomic E-state index is -1.10. The molecule has 0 fully saturated rings. The highest BCUT2D eigenvalue weighted by Gasteiger charge is 2.33. The van der Waals surface area contributed by atoms with Gasteiger partial charge in [0.05, 0.1) is 0 Å². The molecule has 176 valence electrons. The van der Waals surface area contributed by atoms with Crippen LogP contribution >= 0.6 is 0 Å². The second-order valence-electron chi connectivity index (χ2n) is 9.46. The van der Waals surface area contributed by atoms with Crippen LogP contribution in [0.25, 0.3) is 0 Å². The van der Waals surface area contributed by atoms with Crippen LogP contribution in [0.15, 0.2) is 140 Å². The summed E-state index contributed by atoms with van der Waals surface area (Å²) in [7, 11) is -2.10. The number of hydrogen-bond acceptors (Lipinski definition) is 0. The smallest absolute Gasteiger partial charge is 0.0628 e. The summed E-state index contributed by atoms with van der Waals surface area (Å²) in [6.07, 6.45) is 0. The Bertz CT molecular complexity index is 1290. The normalized spacial score (nSPS) is 12.1. The Kier molecular flexibility index (Phi) is 7.75. The largest absolute Gasteiger partial charge is 0.128 e. The van der Waals surface area contributed by atoms with Gasteiger partial charge in [0.1, 0.15) is 17.6 Å². The minimum absolute atomic E-state index is 0.452. The Labute approximate surface area is 219 Å². The first-order valence-corrected chi connectivity index (χ1v) is 16.0. The lowest BCUT2D eigenvalue weighted by Gasteiger charge is -2.31. The Morgan fingerprint density at radius 1 is 0.472 bits per heavy atom. The van der Waals surface area contributed by atoms with E-state index in [1.165, 1.54) is 43.5 Å².